The van der Waals surface area contributed by atoms with Crippen molar-refractivity contribution >= 4 is 35.6 Å². The largest absolute Gasteiger partial charge is 0.356 e. The number of nitrogens with one attached hydrogen (secondary N) is 2. The van der Waals surface area contributed by atoms with Gasteiger partial charge in [-0.2, -0.15) is 0 Å². The van der Waals surface area contributed by atoms with Crippen molar-refractivity contribution in [1.29, 1.82) is 0 Å². The number of rotatable bonds is 7. The summed E-state index contributed by atoms with van der Waals surface area (Å²) in [6, 6.07) is 6.49. The molecule has 1 fully saturated rings. The van der Waals surface area contributed by atoms with Gasteiger partial charge in [-0.3, -0.25) is 14.3 Å². The zero-order chi connectivity index (χ0) is 19.8. The topological polar surface area (TPSA) is 69.8 Å². The minimum absolute atomic E-state index is 0. The molecule has 0 aromatic carbocycles. The van der Waals surface area contributed by atoms with Crippen LogP contribution in [0, 0.1) is 5.92 Å². The summed E-state index contributed by atoms with van der Waals surface area (Å²) >= 11 is 0. The first-order valence-corrected chi connectivity index (χ1v) is 10.7. The van der Waals surface area contributed by atoms with Gasteiger partial charge in [0.1, 0.15) is 5.82 Å². The molecular weight excluding hydrogens is 477 g/mol. The number of likely N-dealkylation sites (tertiary alicyclic amines) is 1. The fourth-order valence-electron chi connectivity index (χ4n) is 3.99. The van der Waals surface area contributed by atoms with E-state index in [0.29, 0.717) is 12.0 Å². The molecule has 2 aromatic heterocycles. The van der Waals surface area contributed by atoms with Gasteiger partial charge in [-0.1, -0.05) is 32.8 Å². The standard InChI is InChI=1S/C21H35N7.HI/c1-17(2)18(27-13-7-4-5-8-14-27)16-24-21(22-3)23-12-11-20-26-25-19-10-6-9-15-28(19)20;/h6,9-10,15,17-18H,4-5,7-8,11-14,16H2,1-3H3,(H2,22,23,24);1H. The van der Waals surface area contributed by atoms with Crippen LogP contribution in [-0.2, 0) is 6.42 Å². The molecule has 7 nitrogen and oxygen atoms in total. The summed E-state index contributed by atoms with van der Waals surface area (Å²) in [5.41, 5.74) is 0.886. The predicted molar refractivity (Wildman–Crippen MR) is 130 cm³/mol. The van der Waals surface area contributed by atoms with E-state index in [-0.39, 0.29) is 24.0 Å². The van der Waals surface area contributed by atoms with Gasteiger partial charge in [0.05, 0.1) is 0 Å². The summed E-state index contributed by atoms with van der Waals surface area (Å²) in [4.78, 5) is 7.06. The summed E-state index contributed by atoms with van der Waals surface area (Å²) < 4.78 is 2.03. The number of fused-ring (bicyclic) bond motifs is 1. The second-order valence-corrected chi connectivity index (χ2v) is 7.94. The Morgan fingerprint density at radius 2 is 1.86 bits per heavy atom. The number of aromatic nitrogens is 3. The predicted octanol–water partition coefficient (Wildman–Crippen LogP) is 2.96. The highest BCUT2D eigenvalue weighted by Gasteiger charge is 2.22. The van der Waals surface area contributed by atoms with Crippen molar-refractivity contribution in [1.82, 2.24) is 30.1 Å². The van der Waals surface area contributed by atoms with Crippen molar-refractivity contribution in [2.24, 2.45) is 10.9 Å². The average Bonchev–Trinajstić information content (AvgIpc) is 2.92. The number of guanidine groups is 1. The van der Waals surface area contributed by atoms with E-state index in [9.17, 15) is 0 Å². The van der Waals surface area contributed by atoms with Gasteiger partial charge in [-0.05, 0) is 44.0 Å². The van der Waals surface area contributed by atoms with E-state index in [1.54, 1.807) is 0 Å². The third-order valence-electron chi connectivity index (χ3n) is 5.61. The second kappa shape index (κ2) is 12.3. The molecule has 3 rings (SSSR count). The van der Waals surface area contributed by atoms with Crippen LogP contribution < -0.4 is 10.6 Å². The number of aliphatic imine (C=N–C) groups is 1. The van der Waals surface area contributed by atoms with E-state index in [1.807, 2.05) is 35.8 Å². The maximum atomic E-state index is 4.40. The van der Waals surface area contributed by atoms with Crippen LogP contribution in [0.25, 0.3) is 5.65 Å². The highest BCUT2D eigenvalue weighted by molar-refractivity contribution is 14.0. The molecule has 0 amide bonds. The normalized spacial score (nSPS) is 17.0. The average molecular weight is 513 g/mol. The smallest absolute Gasteiger partial charge is 0.191 e. The second-order valence-electron chi connectivity index (χ2n) is 7.94. The monoisotopic (exact) mass is 513 g/mol. The Bertz CT molecular complexity index is 750. The van der Waals surface area contributed by atoms with E-state index in [1.165, 1.54) is 38.8 Å². The number of halogens is 1. The van der Waals surface area contributed by atoms with Crippen molar-refractivity contribution in [2.75, 3.05) is 33.2 Å². The molecule has 1 aliphatic rings. The van der Waals surface area contributed by atoms with Gasteiger partial charge in [0.2, 0.25) is 0 Å². The summed E-state index contributed by atoms with van der Waals surface area (Å²) in [5.74, 6) is 2.43. The summed E-state index contributed by atoms with van der Waals surface area (Å²) in [6.45, 7) is 8.78. The molecule has 0 aliphatic carbocycles. The van der Waals surface area contributed by atoms with Crippen LogP contribution >= 0.6 is 24.0 Å². The summed E-state index contributed by atoms with van der Waals surface area (Å²) in [7, 11) is 1.83. The van der Waals surface area contributed by atoms with Crippen LogP contribution in [0.5, 0.6) is 0 Å². The van der Waals surface area contributed by atoms with Gasteiger partial charge in [0.15, 0.2) is 11.6 Å². The molecule has 0 bridgehead atoms. The molecule has 0 saturated carbocycles. The van der Waals surface area contributed by atoms with E-state index in [0.717, 1.165) is 36.9 Å². The van der Waals surface area contributed by atoms with Crippen LogP contribution in [0.3, 0.4) is 0 Å². The third-order valence-corrected chi connectivity index (χ3v) is 5.61. The Hall–Kier alpha value is -1.42. The van der Waals surface area contributed by atoms with Crippen molar-refractivity contribution in [3.05, 3.63) is 30.2 Å². The molecule has 3 heterocycles. The summed E-state index contributed by atoms with van der Waals surface area (Å²) in [5, 5.41) is 15.5. The molecule has 1 aliphatic heterocycles. The Balaban J connectivity index is 0.00000300. The summed E-state index contributed by atoms with van der Waals surface area (Å²) in [6.07, 6.45) is 8.19. The molecule has 0 radical (unpaired) electrons. The zero-order valence-corrected chi connectivity index (χ0v) is 20.3. The quantitative estimate of drug-likeness (QED) is 0.339. The van der Waals surface area contributed by atoms with Crippen molar-refractivity contribution in [3.8, 4) is 0 Å². The lowest BCUT2D eigenvalue weighted by atomic mass is 10.0. The zero-order valence-electron chi connectivity index (χ0n) is 18.0. The van der Waals surface area contributed by atoms with Crippen LogP contribution in [0.2, 0.25) is 0 Å². The lowest BCUT2D eigenvalue weighted by Crippen LogP contribution is -2.50. The van der Waals surface area contributed by atoms with Gasteiger partial charge >= 0.3 is 0 Å². The maximum absolute atomic E-state index is 4.40. The molecule has 1 unspecified atom stereocenters. The first-order chi connectivity index (χ1) is 13.7. The molecule has 1 saturated heterocycles. The van der Waals surface area contributed by atoms with Crippen molar-refractivity contribution < 1.29 is 0 Å². The molecular formula is C21H36IN7. The van der Waals surface area contributed by atoms with E-state index < -0.39 is 0 Å². The lowest BCUT2D eigenvalue weighted by molar-refractivity contribution is 0.161. The van der Waals surface area contributed by atoms with Crippen LogP contribution in [0.4, 0.5) is 0 Å². The number of hydrogen-bond acceptors (Lipinski definition) is 4. The van der Waals surface area contributed by atoms with E-state index in [4.69, 9.17) is 0 Å². The van der Waals surface area contributed by atoms with Gasteiger partial charge < -0.3 is 10.6 Å². The van der Waals surface area contributed by atoms with Gasteiger partial charge in [-0.25, -0.2) is 0 Å². The van der Waals surface area contributed by atoms with Gasteiger partial charge in [0, 0.05) is 38.8 Å². The highest BCUT2D eigenvalue weighted by atomic mass is 127. The fourth-order valence-corrected chi connectivity index (χ4v) is 3.99. The highest BCUT2D eigenvalue weighted by Crippen LogP contribution is 2.17. The fraction of sp³-hybridized carbons (Fsp3) is 0.667. The minimum Gasteiger partial charge on any atom is -0.356 e. The first kappa shape index (κ1) is 23.9. The van der Waals surface area contributed by atoms with Gasteiger partial charge in [-0.15, -0.1) is 34.2 Å². The number of nitrogens with zero attached hydrogens (tertiary/aromatic N) is 5. The molecule has 1 atom stereocenters. The van der Waals surface area contributed by atoms with Gasteiger partial charge in [0.25, 0.3) is 0 Å². The number of hydrogen-bond donors (Lipinski definition) is 2. The maximum Gasteiger partial charge on any atom is 0.191 e. The number of pyridine rings is 1. The Kier molecular flexibility index (Phi) is 10.1. The SMILES string of the molecule is CN=C(NCCc1nnc2ccccn12)NCC(C(C)C)N1CCCCCC1.I. The van der Waals surface area contributed by atoms with Crippen molar-refractivity contribution in [2.45, 2.75) is 52.0 Å². The molecule has 0 spiro atoms. The molecule has 162 valence electrons. The lowest BCUT2D eigenvalue weighted by Gasteiger charge is -2.34. The molecule has 2 aromatic rings. The molecule has 29 heavy (non-hydrogen) atoms. The Morgan fingerprint density at radius 3 is 2.55 bits per heavy atom. The van der Waals surface area contributed by atoms with Crippen LogP contribution in [0.1, 0.15) is 45.4 Å². The minimum atomic E-state index is 0. The van der Waals surface area contributed by atoms with Crippen molar-refractivity contribution in [3.63, 3.8) is 0 Å². The molecule has 2 N–H and O–H groups in total. The Labute approximate surface area is 191 Å². The molecule has 8 heteroatoms. The van der Waals surface area contributed by atoms with E-state index in [2.05, 4.69) is 44.6 Å². The first-order valence-electron chi connectivity index (χ1n) is 10.7. The van der Waals surface area contributed by atoms with E-state index >= 15 is 0 Å². The van der Waals surface area contributed by atoms with Crippen LogP contribution in [-0.4, -0.2) is 64.7 Å². The van der Waals surface area contributed by atoms with Crippen LogP contribution in [0.15, 0.2) is 29.4 Å². The Morgan fingerprint density at radius 1 is 1.10 bits per heavy atom. The third kappa shape index (κ3) is 6.80.